The molecule has 0 bridgehead atoms. The Morgan fingerprint density at radius 3 is 2.47 bits per heavy atom. The molecule has 2 heteroatoms. The van der Waals surface area contributed by atoms with Crippen LogP contribution in [-0.4, -0.2) is 26.7 Å². The molecule has 1 saturated heterocycles. The zero-order valence-electron chi connectivity index (χ0n) is 9.42. The van der Waals surface area contributed by atoms with Gasteiger partial charge >= 0.3 is 0 Å². The molecule has 0 aliphatic carbocycles. The normalized spacial score (nSPS) is 20.1. The molecular formula is C13H20N2. The van der Waals surface area contributed by atoms with Crippen LogP contribution in [0.5, 0.6) is 0 Å². The first-order valence-electron chi connectivity index (χ1n) is 5.78. The third-order valence-electron chi connectivity index (χ3n) is 3.46. The topological polar surface area (TPSA) is 24.1 Å². The number of likely N-dealkylation sites (N-methyl/N-ethyl adjacent to an activating group) is 1. The van der Waals surface area contributed by atoms with Crippen molar-refractivity contribution in [1.82, 2.24) is 10.6 Å². The van der Waals surface area contributed by atoms with Gasteiger partial charge in [-0.1, -0.05) is 30.3 Å². The monoisotopic (exact) mass is 204 g/mol. The van der Waals surface area contributed by atoms with Crippen LogP contribution in [0, 0.1) is 0 Å². The summed E-state index contributed by atoms with van der Waals surface area (Å²) in [4.78, 5) is 0. The van der Waals surface area contributed by atoms with Gasteiger partial charge in [0.25, 0.3) is 0 Å². The van der Waals surface area contributed by atoms with E-state index in [2.05, 4.69) is 41.0 Å². The SMILES string of the molecule is CNCC1(c2ccccc2)CCNCC1. The van der Waals surface area contributed by atoms with Crippen LogP contribution in [0.4, 0.5) is 0 Å². The van der Waals surface area contributed by atoms with Gasteiger partial charge in [-0.15, -0.1) is 0 Å². The second kappa shape index (κ2) is 4.77. The number of rotatable bonds is 3. The van der Waals surface area contributed by atoms with E-state index in [-0.39, 0.29) is 0 Å². The Balaban J connectivity index is 2.25. The molecule has 1 fully saturated rings. The van der Waals surface area contributed by atoms with Gasteiger partial charge in [0.05, 0.1) is 0 Å². The fraction of sp³-hybridized carbons (Fsp3) is 0.538. The summed E-state index contributed by atoms with van der Waals surface area (Å²) in [7, 11) is 2.05. The lowest BCUT2D eigenvalue weighted by Gasteiger charge is -2.38. The van der Waals surface area contributed by atoms with Crippen molar-refractivity contribution in [2.24, 2.45) is 0 Å². The summed E-state index contributed by atoms with van der Waals surface area (Å²) >= 11 is 0. The quantitative estimate of drug-likeness (QED) is 0.780. The van der Waals surface area contributed by atoms with Gasteiger partial charge in [0, 0.05) is 12.0 Å². The van der Waals surface area contributed by atoms with Crippen LogP contribution in [0.3, 0.4) is 0 Å². The summed E-state index contributed by atoms with van der Waals surface area (Å²) < 4.78 is 0. The molecule has 0 radical (unpaired) electrons. The molecule has 1 aliphatic heterocycles. The highest BCUT2D eigenvalue weighted by Crippen LogP contribution is 2.32. The van der Waals surface area contributed by atoms with Crippen LogP contribution in [-0.2, 0) is 5.41 Å². The fourth-order valence-corrected chi connectivity index (χ4v) is 2.60. The standard InChI is InChI=1S/C13H20N2/c1-14-11-13(7-9-15-10-8-13)12-5-3-2-4-6-12/h2-6,14-15H,7-11H2,1H3. The highest BCUT2D eigenvalue weighted by molar-refractivity contribution is 5.26. The molecule has 1 aliphatic rings. The summed E-state index contributed by atoms with van der Waals surface area (Å²) in [5, 5.41) is 6.79. The lowest BCUT2D eigenvalue weighted by atomic mass is 9.73. The molecule has 2 rings (SSSR count). The Kier molecular flexibility index (Phi) is 3.39. The number of hydrogen-bond donors (Lipinski definition) is 2. The molecule has 15 heavy (non-hydrogen) atoms. The Labute approximate surface area is 92.1 Å². The zero-order chi connectivity index (χ0) is 10.6. The van der Waals surface area contributed by atoms with E-state index in [9.17, 15) is 0 Å². The highest BCUT2D eigenvalue weighted by atomic mass is 14.9. The summed E-state index contributed by atoms with van der Waals surface area (Å²) in [6.07, 6.45) is 2.47. The molecule has 1 heterocycles. The van der Waals surface area contributed by atoms with E-state index >= 15 is 0 Å². The summed E-state index contributed by atoms with van der Waals surface area (Å²) in [6.45, 7) is 3.35. The van der Waals surface area contributed by atoms with Crippen LogP contribution < -0.4 is 10.6 Å². The van der Waals surface area contributed by atoms with Crippen LogP contribution in [0.2, 0.25) is 0 Å². The third-order valence-corrected chi connectivity index (χ3v) is 3.46. The average molecular weight is 204 g/mol. The molecule has 0 atom stereocenters. The molecule has 82 valence electrons. The van der Waals surface area contributed by atoms with E-state index in [4.69, 9.17) is 0 Å². The molecule has 1 aromatic carbocycles. The van der Waals surface area contributed by atoms with Crippen LogP contribution >= 0.6 is 0 Å². The maximum absolute atomic E-state index is 3.44. The predicted molar refractivity (Wildman–Crippen MR) is 64.2 cm³/mol. The molecule has 2 nitrogen and oxygen atoms in total. The Morgan fingerprint density at radius 2 is 1.87 bits per heavy atom. The number of piperidine rings is 1. The second-order valence-electron chi connectivity index (χ2n) is 4.43. The van der Waals surface area contributed by atoms with Crippen molar-refractivity contribution >= 4 is 0 Å². The Bertz CT molecular complexity index is 283. The van der Waals surface area contributed by atoms with Gasteiger partial charge in [-0.25, -0.2) is 0 Å². The van der Waals surface area contributed by atoms with E-state index < -0.39 is 0 Å². The van der Waals surface area contributed by atoms with E-state index in [1.807, 2.05) is 7.05 Å². The van der Waals surface area contributed by atoms with Crippen LogP contribution in [0.15, 0.2) is 30.3 Å². The van der Waals surface area contributed by atoms with E-state index in [1.54, 1.807) is 0 Å². The first-order chi connectivity index (χ1) is 7.37. The summed E-state index contributed by atoms with van der Waals surface area (Å²) in [5.41, 5.74) is 1.84. The molecule has 0 saturated carbocycles. The van der Waals surface area contributed by atoms with Crippen molar-refractivity contribution in [3.8, 4) is 0 Å². The highest BCUT2D eigenvalue weighted by Gasteiger charge is 2.32. The Morgan fingerprint density at radius 1 is 1.20 bits per heavy atom. The van der Waals surface area contributed by atoms with E-state index in [0.717, 1.165) is 19.6 Å². The second-order valence-corrected chi connectivity index (χ2v) is 4.43. The zero-order valence-corrected chi connectivity index (χ0v) is 9.42. The fourth-order valence-electron chi connectivity index (χ4n) is 2.60. The van der Waals surface area contributed by atoms with Crippen molar-refractivity contribution in [1.29, 1.82) is 0 Å². The van der Waals surface area contributed by atoms with Crippen molar-refractivity contribution < 1.29 is 0 Å². The van der Waals surface area contributed by atoms with Gasteiger partial charge in [-0.05, 0) is 38.5 Å². The predicted octanol–water partition coefficient (Wildman–Crippen LogP) is 1.53. The minimum absolute atomic E-state index is 0.348. The van der Waals surface area contributed by atoms with Gasteiger partial charge in [0.2, 0.25) is 0 Å². The van der Waals surface area contributed by atoms with Gasteiger partial charge in [-0.2, -0.15) is 0 Å². The number of benzene rings is 1. The smallest absolute Gasteiger partial charge is 0.0102 e. The number of nitrogens with one attached hydrogen (secondary N) is 2. The van der Waals surface area contributed by atoms with Gasteiger partial charge in [0.1, 0.15) is 0 Å². The first kappa shape index (κ1) is 10.7. The van der Waals surface area contributed by atoms with Crippen molar-refractivity contribution in [2.75, 3.05) is 26.7 Å². The average Bonchev–Trinajstić information content (AvgIpc) is 2.32. The van der Waals surface area contributed by atoms with Crippen molar-refractivity contribution in [3.63, 3.8) is 0 Å². The molecule has 1 aromatic rings. The minimum Gasteiger partial charge on any atom is -0.319 e. The molecule has 0 unspecified atom stereocenters. The third kappa shape index (κ3) is 2.21. The Hall–Kier alpha value is -0.860. The van der Waals surface area contributed by atoms with E-state index in [0.29, 0.717) is 5.41 Å². The van der Waals surface area contributed by atoms with Gasteiger partial charge in [-0.3, -0.25) is 0 Å². The molecule has 2 N–H and O–H groups in total. The molecule has 0 amide bonds. The lowest BCUT2D eigenvalue weighted by Crippen LogP contribution is -2.45. The molecule has 0 aromatic heterocycles. The summed E-state index contributed by atoms with van der Waals surface area (Å²) in [5.74, 6) is 0. The lowest BCUT2D eigenvalue weighted by molar-refractivity contribution is 0.300. The molecular weight excluding hydrogens is 184 g/mol. The minimum atomic E-state index is 0.348. The van der Waals surface area contributed by atoms with Gasteiger partial charge in [0.15, 0.2) is 0 Å². The van der Waals surface area contributed by atoms with Gasteiger partial charge < -0.3 is 10.6 Å². The summed E-state index contributed by atoms with van der Waals surface area (Å²) in [6, 6.07) is 10.9. The van der Waals surface area contributed by atoms with Crippen molar-refractivity contribution in [3.05, 3.63) is 35.9 Å². The van der Waals surface area contributed by atoms with E-state index in [1.165, 1.54) is 18.4 Å². The van der Waals surface area contributed by atoms with Crippen LogP contribution in [0.25, 0.3) is 0 Å². The molecule has 0 spiro atoms. The maximum Gasteiger partial charge on any atom is 0.0102 e. The number of hydrogen-bond acceptors (Lipinski definition) is 2. The van der Waals surface area contributed by atoms with Crippen LogP contribution in [0.1, 0.15) is 18.4 Å². The van der Waals surface area contributed by atoms with Crippen molar-refractivity contribution in [2.45, 2.75) is 18.3 Å². The largest absolute Gasteiger partial charge is 0.319 e. The first-order valence-corrected chi connectivity index (χ1v) is 5.78. The maximum atomic E-state index is 3.44.